The fourth-order valence-corrected chi connectivity index (χ4v) is 3.41. The first-order valence-electron chi connectivity index (χ1n) is 8.49. The zero-order valence-electron chi connectivity index (χ0n) is 14.8. The van der Waals surface area contributed by atoms with Crippen LogP contribution in [0, 0.1) is 0 Å². The van der Waals surface area contributed by atoms with E-state index in [1.54, 1.807) is 48.5 Å². The van der Waals surface area contributed by atoms with Gasteiger partial charge < -0.3 is 10.4 Å². The number of benzene rings is 3. The van der Waals surface area contributed by atoms with Crippen LogP contribution in [0.1, 0.15) is 31.1 Å². The second-order valence-corrected chi connectivity index (χ2v) is 6.96. The average Bonchev–Trinajstić information content (AvgIpc) is 2.73. The molecule has 3 rings (SSSR count). The number of nitrogens with one attached hydrogen (secondary N) is 1. The number of hydrogen-bond donors (Lipinski definition) is 2. The van der Waals surface area contributed by atoms with E-state index in [-0.39, 0.29) is 22.8 Å². The van der Waals surface area contributed by atoms with E-state index >= 15 is 0 Å². The van der Waals surface area contributed by atoms with Crippen molar-refractivity contribution in [2.45, 2.75) is 4.90 Å². The monoisotopic (exact) mass is 391 g/mol. The van der Waals surface area contributed by atoms with E-state index in [4.69, 9.17) is 0 Å². The van der Waals surface area contributed by atoms with E-state index in [0.29, 0.717) is 11.1 Å². The SMILES string of the molecule is O=C(CSc1cccc(C(=O)Nc2ccccc2C(=O)O)c1)c1ccccc1. The first kappa shape index (κ1) is 19.4. The highest BCUT2D eigenvalue weighted by Gasteiger charge is 2.14. The Hall–Kier alpha value is -3.38. The third-order valence-electron chi connectivity index (χ3n) is 3.97. The lowest BCUT2D eigenvalue weighted by atomic mass is 10.1. The fourth-order valence-electron chi connectivity index (χ4n) is 2.56. The number of amides is 1. The Balaban J connectivity index is 1.68. The van der Waals surface area contributed by atoms with Crippen LogP contribution in [0.5, 0.6) is 0 Å². The van der Waals surface area contributed by atoms with Crippen molar-refractivity contribution in [3.63, 3.8) is 0 Å². The van der Waals surface area contributed by atoms with Crippen LogP contribution in [0.2, 0.25) is 0 Å². The molecule has 5 nitrogen and oxygen atoms in total. The van der Waals surface area contributed by atoms with Crippen LogP contribution in [-0.4, -0.2) is 28.5 Å². The van der Waals surface area contributed by atoms with Gasteiger partial charge in [-0.3, -0.25) is 9.59 Å². The molecular formula is C22H17NO4S. The number of carboxylic acid groups (broad SMARTS) is 1. The fraction of sp³-hybridized carbons (Fsp3) is 0.0455. The van der Waals surface area contributed by atoms with Crippen LogP contribution < -0.4 is 5.32 Å². The van der Waals surface area contributed by atoms with Crippen molar-refractivity contribution < 1.29 is 19.5 Å². The van der Waals surface area contributed by atoms with Gasteiger partial charge in [0, 0.05) is 16.0 Å². The lowest BCUT2D eigenvalue weighted by molar-refractivity contribution is 0.0697. The molecule has 28 heavy (non-hydrogen) atoms. The van der Waals surface area contributed by atoms with Crippen molar-refractivity contribution in [3.8, 4) is 0 Å². The van der Waals surface area contributed by atoms with Gasteiger partial charge in [0.05, 0.1) is 17.0 Å². The average molecular weight is 391 g/mol. The first-order chi connectivity index (χ1) is 13.5. The van der Waals surface area contributed by atoms with Crippen molar-refractivity contribution in [1.29, 1.82) is 0 Å². The Kier molecular flexibility index (Phi) is 6.24. The Morgan fingerprint density at radius 2 is 1.50 bits per heavy atom. The normalized spacial score (nSPS) is 10.3. The van der Waals surface area contributed by atoms with Gasteiger partial charge in [0.1, 0.15) is 0 Å². The van der Waals surface area contributed by atoms with Crippen molar-refractivity contribution >= 4 is 35.1 Å². The number of aromatic carboxylic acids is 1. The number of hydrogen-bond acceptors (Lipinski definition) is 4. The van der Waals surface area contributed by atoms with Crippen LogP contribution in [-0.2, 0) is 0 Å². The number of carbonyl (C=O) groups excluding carboxylic acids is 2. The molecule has 0 bridgehead atoms. The summed E-state index contributed by atoms with van der Waals surface area (Å²) in [4.78, 5) is 36.8. The van der Waals surface area contributed by atoms with E-state index in [1.807, 2.05) is 24.3 Å². The molecule has 0 aromatic heterocycles. The summed E-state index contributed by atoms with van der Waals surface area (Å²) in [6, 6.07) is 22.1. The molecule has 0 aliphatic heterocycles. The highest BCUT2D eigenvalue weighted by Crippen LogP contribution is 2.22. The predicted octanol–water partition coefficient (Wildman–Crippen LogP) is 4.61. The molecule has 0 spiro atoms. The predicted molar refractivity (Wildman–Crippen MR) is 109 cm³/mol. The Bertz CT molecular complexity index is 1020. The lowest BCUT2D eigenvalue weighted by Crippen LogP contribution is -2.14. The number of anilines is 1. The standard InChI is InChI=1S/C22H17NO4S/c24-20(15-7-2-1-3-8-15)14-28-17-10-6-9-16(13-17)21(25)23-19-12-5-4-11-18(19)22(26)27/h1-13H,14H2,(H,23,25)(H,26,27). The van der Waals surface area contributed by atoms with Crippen molar-refractivity contribution in [3.05, 3.63) is 95.6 Å². The Morgan fingerprint density at radius 3 is 2.25 bits per heavy atom. The smallest absolute Gasteiger partial charge is 0.337 e. The summed E-state index contributed by atoms with van der Waals surface area (Å²) in [6.45, 7) is 0. The minimum absolute atomic E-state index is 0.0100. The number of para-hydroxylation sites is 1. The third-order valence-corrected chi connectivity index (χ3v) is 4.96. The molecule has 2 N–H and O–H groups in total. The summed E-state index contributed by atoms with van der Waals surface area (Å²) >= 11 is 1.35. The summed E-state index contributed by atoms with van der Waals surface area (Å²) in [5.74, 6) is -1.25. The maximum atomic E-state index is 12.5. The summed E-state index contributed by atoms with van der Waals surface area (Å²) in [7, 11) is 0. The van der Waals surface area contributed by atoms with Gasteiger partial charge in [-0.25, -0.2) is 4.79 Å². The topological polar surface area (TPSA) is 83.5 Å². The molecule has 3 aromatic rings. The number of carbonyl (C=O) groups is 3. The minimum atomic E-state index is -1.11. The van der Waals surface area contributed by atoms with Gasteiger partial charge in [-0.1, -0.05) is 48.5 Å². The highest BCUT2D eigenvalue weighted by atomic mass is 32.2. The molecule has 0 aliphatic rings. The second kappa shape index (κ2) is 9.01. The molecular weight excluding hydrogens is 374 g/mol. The molecule has 3 aromatic carbocycles. The molecule has 0 unspecified atom stereocenters. The number of thioether (sulfide) groups is 1. The minimum Gasteiger partial charge on any atom is -0.478 e. The number of Topliss-reactive ketones (excluding diaryl/α,β-unsaturated/α-hetero) is 1. The van der Waals surface area contributed by atoms with Gasteiger partial charge in [-0.05, 0) is 30.3 Å². The van der Waals surface area contributed by atoms with Crippen LogP contribution >= 0.6 is 11.8 Å². The summed E-state index contributed by atoms with van der Waals surface area (Å²) in [5.41, 5.74) is 1.29. The molecule has 0 heterocycles. The van der Waals surface area contributed by atoms with Gasteiger partial charge in [0.15, 0.2) is 5.78 Å². The second-order valence-electron chi connectivity index (χ2n) is 5.91. The molecule has 0 radical (unpaired) electrons. The van der Waals surface area contributed by atoms with Gasteiger partial charge in [0.2, 0.25) is 0 Å². The van der Waals surface area contributed by atoms with Crippen LogP contribution in [0.4, 0.5) is 5.69 Å². The molecule has 0 aliphatic carbocycles. The Labute approximate surface area is 166 Å². The van der Waals surface area contributed by atoms with Crippen molar-refractivity contribution in [2.24, 2.45) is 0 Å². The zero-order chi connectivity index (χ0) is 19.9. The van der Waals surface area contributed by atoms with Gasteiger partial charge in [0.25, 0.3) is 5.91 Å². The summed E-state index contributed by atoms with van der Waals surface area (Å²) in [5, 5.41) is 11.9. The summed E-state index contributed by atoms with van der Waals surface area (Å²) < 4.78 is 0. The van der Waals surface area contributed by atoms with Crippen LogP contribution in [0.25, 0.3) is 0 Å². The number of carboxylic acids is 1. The van der Waals surface area contributed by atoms with Gasteiger partial charge >= 0.3 is 5.97 Å². The molecule has 140 valence electrons. The van der Waals surface area contributed by atoms with E-state index in [9.17, 15) is 19.5 Å². The third kappa shape index (κ3) is 4.86. The van der Waals surface area contributed by atoms with Gasteiger partial charge in [-0.2, -0.15) is 0 Å². The zero-order valence-corrected chi connectivity index (χ0v) is 15.6. The highest BCUT2D eigenvalue weighted by molar-refractivity contribution is 8.00. The maximum Gasteiger partial charge on any atom is 0.337 e. The largest absolute Gasteiger partial charge is 0.478 e. The van der Waals surface area contributed by atoms with E-state index in [0.717, 1.165) is 4.90 Å². The number of ketones is 1. The van der Waals surface area contributed by atoms with Crippen molar-refractivity contribution in [1.82, 2.24) is 0 Å². The Morgan fingerprint density at radius 1 is 0.821 bits per heavy atom. The van der Waals surface area contributed by atoms with Crippen molar-refractivity contribution in [2.75, 3.05) is 11.1 Å². The summed E-state index contributed by atoms with van der Waals surface area (Å²) in [6.07, 6.45) is 0. The van der Waals surface area contributed by atoms with E-state index < -0.39 is 11.9 Å². The molecule has 0 fully saturated rings. The molecule has 0 atom stereocenters. The maximum absolute atomic E-state index is 12.5. The van der Waals surface area contributed by atoms with E-state index in [1.165, 1.54) is 17.8 Å². The molecule has 6 heteroatoms. The first-order valence-corrected chi connectivity index (χ1v) is 9.48. The lowest BCUT2D eigenvalue weighted by Gasteiger charge is -2.09. The molecule has 0 saturated heterocycles. The van der Waals surface area contributed by atoms with Gasteiger partial charge in [-0.15, -0.1) is 11.8 Å². The molecule has 1 amide bonds. The van der Waals surface area contributed by atoms with E-state index in [2.05, 4.69) is 5.32 Å². The van der Waals surface area contributed by atoms with Crippen LogP contribution in [0.15, 0.2) is 83.8 Å². The number of rotatable bonds is 7. The molecule has 0 saturated carbocycles. The quantitative estimate of drug-likeness (QED) is 0.454. The van der Waals surface area contributed by atoms with Crippen LogP contribution in [0.3, 0.4) is 0 Å².